The summed E-state index contributed by atoms with van der Waals surface area (Å²) in [6.45, 7) is 0. The summed E-state index contributed by atoms with van der Waals surface area (Å²) < 4.78 is 0. The monoisotopic (exact) mass is 159 g/mol. The molecule has 0 saturated carbocycles. The number of hydrogen-bond acceptors (Lipinski definition) is 1. The molecule has 0 bridgehead atoms. The van der Waals surface area contributed by atoms with Crippen molar-refractivity contribution in [1.82, 2.24) is 0 Å². The first-order valence-corrected chi connectivity index (χ1v) is 2.89. The van der Waals surface area contributed by atoms with E-state index < -0.39 is 0 Å². The van der Waals surface area contributed by atoms with E-state index in [9.17, 15) is 0 Å². The van der Waals surface area contributed by atoms with Crippen LogP contribution in [0.3, 0.4) is 0 Å². The van der Waals surface area contributed by atoms with Crippen LogP contribution < -0.4 is 0 Å². The van der Waals surface area contributed by atoms with Gasteiger partial charge in [-0.3, -0.25) is 0 Å². The van der Waals surface area contributed by atoms with Gasteiger partial charge in [0.1, 0.15) is 0 Å². The molecule has 0 radical (unpaired) electrons. The summed E-state index contributed by atoms with van der Waals surface area (Å²) in [5, 5.41) is 7.08. The highest BCUT2D eigenvalue weighted by Gasteiger charge is 1.61. The molecule has 0 saturated heterocycles. The molecule has 0 unspecified atom stereocenters. The molecule has 0 aliphatic carbocycles. The third kappa shape index (κ3) is 65.4. The van der Waals surface area contributed by atoms with Gasteiger partial charge >= 0.3 is 0 Å². The smallest absolute Gasteiger partial charge is 0.173 e. The summed E-state index contributed by atoms with van der Waals surface area (Å²) in [7, 11) is 0. The zero-order valence-corrected chi connectivity index (χ0v) is 5.76. The highest BCUT2D eigenvalue weighted by molar-refractivity contribution is 6.28. The summed E-state index contributed by atoms with van der Waals surface area (Å²) in [6.07, 6.45) is 0. The summed E-state index contributed by atoms with van der Waals surface area (Å²) in [5.74, 6) is 1.11. The van der Waals surface area contributed by atoms with Gasteiger partial charge in [-0.15, -0.1) is 23.2 Å². The van der Waals surface area contributed by atoms with Gasteiger partial charge in [-0.1, -0.05) is 0 Å². The molecule has 0 fully saturated rings. The third-order valence-electron chi connectivity index (χ3n) is 0.0714. The van der Waals surface area contributed by atoms with E-state index >= 15 is 0 Å². The summed E-state index contributed by atoms with van der Waals surface area (Å²) >= 11 is 14.4. The van der Waals surface area contributed by atoms with Crippen molar-refractivity contribution in [1.29, 1.82) is 5.26 Å². The van der Waals surface area contributed by atoms with Gasteiger partial charge < -0.3 is 0 Å². The maximum absolute atomic E-state index is 7.08. The highest BCUT2D eigenvalue weighted by atomic mass is 35.5. The maximum atomic E-state index is 7.08. The standard InChI is InChI=1S/C2H4Cl2.CClN/c3-1-2-4;2-1-3/h1-2H2;. The van der Waals surface area contributed by atoms with E-state index in [1.54, 1.807) is 0 Å². The predicted octanol–water partition coefficient (Wildman–Crippen LogP) is 2.17. The van der Waals surface area contributed by atoms with Crippen molar-refractivity contribution in [3.05, 3.63) is 0 Å². The minimum Gasteiger partial charge on any atom is -0.179 e. The van der Waals surface area contributed by atoms with Gasteiger partial charge in [0, 0.05) is 23.4 Å². The van der Waals surface area contributed by atoms with E-state index in [0.717, 1.165) is 0 Å². The summed E-state index contributed by atoms with van der Waals surface area (Å²) in [4.78, 5) is 0. The van der Waals surface area contributed by atoms with Gasteiger partial charge in [-0.2, -0.15) is 5.26 Å². The number of rotatable bonds is 1. The van der Waals surface area contributed by atoms with E-state index in [4.69, 9.17) is 28.5 Å². The zero-order chi connectivity index (χ0) is 6.12. The molecule has 0 N–H and O–H groups in total. The zero-order valence-electron chi connectivity index (χ0n) is 3.50. The largest absolute Gasteiger partial charge is 0.179 e. The second-order valence-corrected chi connectivity index (χ2v) is 1.39. The number of alkyl halides is 2. The Kier molecular flexibility index (Phi) is 24.0. The average Bonchev–Trinajstić information content (AvgIpc) is 1.69. The van der Waals surface area contributed by atoms with Crippen molar-refractivity contribution in [2.24, 2.45) is 0 Å². The molecule has 4 heteroatoms. The molecule has 1 nitrogen and oxygen atoms in total. The van der Waals surface area contributed by atoms with Crippen molar-refractivity contribution >= 4 is 34.8 Å². The van der Waals surface area contributed by atoms with Crippen LogP contribution in [0.15, 0.2) is 0 Å². The second-order valence-electron chi connectivity index (χ2n) is 0.462. The average molecular weight is 160 g/mol. The Hall–Kier alpha value is 0.360. The Bertz CT molecular complexity index is 46.6. The van der Waals surface area contributed by atoms with Crippen LogP contribution in [0.2, 0.25) is 0 Å². The molecule has 0 aliphatic heterocycles. The Morgan fingerprint density at radius 2 is 1.43 bits per heavy atom. The number of nitriles is 1. The lowest BCUT2D eigenvalue weighted by molar-refractivity contribution is 1.52. The Morgan fingerprint density at radius 3 is 1.43 bits per heavy atom. The molecule has 0 spiro atoms. The van der Waals surface area contributed by atoms with Crippen molar-refractivity contribution in [3.63, 3.8) is 0 Å². The van der Waals surface area contributed by atoms with Crippen LogP contribution in [-0.2, 0) is 0 Å². The SMILES string of the molecule is ClCCCl.N#CCl. The van der Waals surface area contributed by atoms with Gasteiger partial charge in [0.25, 0.3) is 0 Å². The molecular formula is C3H4Cl3N. The number of nitrogens with zero attached hydrogens (tertiary/aromatic N) is 1. The van der Waals surface area contributed by atoms with Crippen molar-refractivity contribution in [2.45, 2.75) is 0 Å². The molecule has 0 aliphatic rings. The second kappa shape index (κ2) is 16.2. The van der Waals surface area contributed by atoms with Gasteiger partial charge in [0.05, 0.1) is 0 Å². The normalized spacial score (nSPS) is 5.43. The Morgan fingerprint density at radius 1 is 1.29 bits per heavy atom. The van der Waals surface area contributed by atoms with Crippen molar-refractivity contribution < 1.29 is 0 Å². The van der Waals surface area contributed by atoms with E-state index in [0.29, 0.717) is 11.8 Å². The first kappa shape index (κ1) is 10.4. The van der Waals surface area contributed by atoms with Crippen LogP contribution >= 0.6 is 34.8 Å². The molecule has 0 aromatic heterocycles. The van der Waals surface area contributed by atoms with Crippen LogP contribution in [0.4, 0.5) is 0 Å². The fourth-order valence-electron chi connectivity index (χ4n) is 0. The van der Waals surface area contributed by atoms with E-state index in [-0.39, 0.29) is 0 Å². The van der Waals surface area contributed by atoms with Gasteiger partial charge in [-0.25, -0.2) is 0 Å². The van der Waals surface area contributed by atoms with Crippen molar-refractivity contribution in [2.75, 3.05) is 11.8 Å². The lowest BCUT2D eigenvalue weighted by Gasteiger charge is -1.63. The third-order valence-corrected chi connectivity index (χ3v) is 0.643. The maximum Gasteiger partial charge on any atom is 0.173 e. The fourth-order valence-corrected chi connectivity index (χ4v) is 0. The molecule has 0 heterocycles. The van der Waals surface area contributed by atoms with Gasteiger partial charge in [-0.05, 0) is 0 Å². The fraction of sp³-hybridized carbons (Fsp3) is 0.667. The minimum atomic E-state index is 0.557. The highest BCUT2D eigenvalue weighted by Crippen LogP contribution is 1.75. The van der Waals surface area contributed by atoms with E-state index in [1.807, 2.05) is 0 Å². The Labute approximate surface area is 57.8 Å². The molecule has 0 aromatic rings. The van der Waals surface area contributed by atoms with E-state index in [1.165, 1.54) is 5.53 Å². The van der Waals surface area contributed by atoms with Crippen LogP contribution in [0, 0.1) is 10.8 Å². The quantitative estimate of drug-likeness (QED) is 0.539. The van der Waals surface area contributed by atoms with Gasteiger partial charge in [0.2, 0.25) is 0 Å². The minimum absolute atomic E-state index is 0.557. The molecule has 0 amide bonds. The summed E-state index contributed by atoms with van der Waals surface area (Å²) in [5.41, 5.74) is 1.22. The first-order valence-electron chi connectivity index (χ1n) is 1.45. The Balaban J connectivity index is 0. The van der Waals surface area contributed by atoms with Gasteiger partial charge in [0.15, 0.2) is 5.53 Å². The van der Waals surface area contributed by atoms with Crippen LogP contribution in [-0.4, -0.2) is 11.8 Å². The molecule has 42 valence electrons. The topological polar surface area (TPSA) is 23.8 Å². The van der Waals surface area contributed by atoms with Crippen LogP contribution in [0.5, 0.6) is 0 Å². The number of hydrogen-bond donors (Lipinski definition) is 0. The lowest BCUT2D eigenvalue weighted by Crippen LogP contribution is -1.63. The molecule has 0 aromatic carbocycles. The number of halogens is 3. The summed E-state index contributed by atoms with van der Waals surface area (Å²) in [6, 6.07) is 0. The van der Waals surface area contributed by atoms with Crippen LogP contribution in [0.25, 0.3) is 0 Å². The van der Waals surface area contributed by atoms with Crippen LogP contribution in [0.1, 0.15) is 0 Å². The lowest BCUT2D eigenvalue weighted by atomic mass is 11.0. The molecular weight excluding hydrogens is 156 g/mol. The van der Waals surface area contributed by atoms with E-state index in [2.05, 4.69) is 11.6 Å². The molecule has 0 atom stereocenters. The predicted molar refractivity (Wildman–Crippen MR) is 32.9 cm³/mol. The molecule has 7 heavy (non-hydrogen) atoms. The van der Waals surface area contributed by atoms with Crippen molar-refractivity contribution in [3.8, 4) is 5.53 Å². The molecule has 0 rings (SSSR count). The first-order chi connectivity index (χ1) is 3.33.